The molecule has 5 nitrogen and oxygen atoms in total. The average Bonchev–Trinajstić information content (AvgIpc) is 2.48. The third kappa shape index (κ3) is 2.83. The van der Waals surface area contributed by atoms with Crippen molar-refractivity contribution in [2.45, 2.75) is 37.8 Å². The molecule has 1 aliphatic rings. The fraction of sp³-hybridized carbons (Fsp3) is 0.375. The Labute approximate surface area is 122 Å². The van der Waals surface area contributed by atoms with E-state index in [0.717, 1.165) is 31.1 Å². The van der Waals surface area contributed by atoms with Crippen LogP contribution in [0.5, 0.6) is 0 Å². The molecule has 0 saturated heterocycles. The van der Waals surface area contributed by atoms with Crippen LogP contribution in [-0.4, -0.2) is 23.0 Å². The fourth-order valence-corrected chi connectivity index (χ4v) is 2.98. The third-order valence-corrected chi connectivity index (χ3v) is 4.13. The molecule has 1 amide bonds. The number of aromatic amines is 1. The van der Waals surface area contributed by atoms with Crippen LogP contribution in [0.4, 0.5) is 0 Å². The molecule has 1 aromatic carbocycles. The molecule has 21 heavy (non-hydrogen) atoms. The molecule has 2 atom stereocenters. The number of nitrogens with two attached hydrogens (primary N) is 1. The molecule has 3 rings (SSSR count). The van der Waals surface area contributed by atoms with Gasteiger partial charge in [-0.25, -0.2) is 0 Å². The molecule has 1 aromatic heterocycles. The Balaban J connectivity index is 1.92. The Morgan fingerprint density at radius 3 is 2.81 bits per heavy atom. The van der Waals surface area contributed by atoms with E-state index < -0.39 is 0 Å². The highest BCUT2D eigenvalue weighted by Crippen LogP contribution is 2.19. The summed E-state index contributed by atoms with van der Waals surface area (Å²) in [4.78, 5) is 26.9. The van der Waals surface area contributed by atoms with Crippen molar-refractivity contribution in [3.05, 3.63) is 46.2 Å². The maximum atomic E-state index is 12.5. The van der Waals surface area contributed by atoms with Crippen molar-refractivity contribution in [3.63, 3.8) is 0 Å². The van der Waals surface area contributed by atoms with Crippen molar-refractivity contribution in [2.24, 2.45) is 5.73 Å². The molecular formula is C16H19N3O2. The van der Waals surface area contributed by atoms with Gasteiger partial charge in [0, 0.05) is 29.1 Å². The molecule has 1 saturated carbocycles. The predicted octanol–water partition coefficient (Wildman–Crippen LogP) is 1.53. The maximum Gasteiger partial charge on any atom is 0.252 e. The molecule has 0 radical (unpaired) electrons. The standard InChI is InChI=1S/C16H19N3O2/c17-12-6-2-4-8-14(12)19-16(21)11-9-15(20)18-13-7-3-1-5-10(11)13/h1,3,5,7,9,12,14H,2,4,6,8,17H2,(H,18,20)(H,19,21). The minimum absolute atomic E-state index is 0.00374. The summed E-state index contributed by atoms with van der Waals surface area (Å²) in [6.45, 7) is 0. The quantitative estimate of drug-likeness (QED) is 0.782. The number of benzene rings is 1. The molecule has 0 aliphatic heterocycles. The smallest absolute Gasteiger partial charge is 0.252 e. The minimum Gasteiger partial charge on any atom is -0.348 e. The van der Waals surface area contributed by atoms with E-state index >= 15 is 0 Å². The Hall–Kier alpha value is -2.14. The van der Waals surface area contributed by atoms with E-state index in [-0.39, 0.29) is 23.6 Å². The summed E-state index contributed by atoms with van der Waals surface area (Å²) in [6, 6.07) is 8.65. The van der Waals surface area contributed by atoms with Crippen LogP contribution < -0.4 is 16.6 Å². The van der Waals surface area contributed by atoms with Crippen LogP contribution in [0.25, 0.3) is 10.9 Å². The number of fused-ring (bicyclic) bond motifs is 1. The Bertz CT molecular complexity index is 723. The topological polar surface area (TPSA) is 88.0 Å². The van der Waals surface area contributed by atoms with Gasteiger partial charge in [0.1, 0.15) is 0 Å². The summed E-state index contributed by atoms with van der Waals surface area (Å²) in [5.74, 6) is -0.223. The summed E-state index contributed by atoms with van der Waals surface area (Å²) in [7, 11) is 0. The highest BCUT2D eigenvalue weighted by molar-refractivity contribution is 6.06. The number of rotatable bonds is 2. The van der Waals surface area contributed by atoms with E-state index in [2.05, 4.69) is 10.3 Å². The number of H-pyrrole nitrogens is 1. The van der Waals surface area contributed by atoms with E-state index in [1.54, 1.807) is 6.07 Å². The molecule has 2 aromatic rings. The number of hydrogen-bond acceptors (Lipinski definition) is 3. The van der Waals surface area contributed by atoms with Crippen LogP contribution in [0.15, 0.2) is 35.1 Å². The number of hydrogen-bond donors (Lipinski definition) is 3. The zero-order valence-corrected chi connectivity index (χ0v) is 11.8. The normalized spacial score (nSPS) is 22.1. The zero-order valence-electron chi connectivity index (χ0n) is 11.8. The lowest BCUT2D eigenvalue weighted by Crippen LogP contribution is -2.49. The second kappa shape index (κ2) is 5.69. The molecule has 2 unspecified atom stereocenters. The van der Waals surface area contributed by atoms with Gasteiger partial charge in [0.2, 0.25) is 5.56 Å². The number of carbonyl (C=O) groups is 1. The number of carbonyl (C=O) groups excluding carboxylic acids is 1. The highest BCUT2D eigenvalue weighted by Gasteiger charge is 2.24. The third-order valence-electron chi connectivity index (χ3n) is 4.13. The van der Waals surface area contributed by atoms with Crippen molar-refractivity contribution in [2.75, 3.05) is 0 Å². The van der Waals surface area contributed by atoms with Crippen molar-refractivity contribution >= 4 is 16.8 Å². The van der Waals surface area contributed by atoms with Crippen molar-refractivity contribution in [3.8, 4) is 0 Å². The van der Waals surface area contributed by atoms with Gasteiger partial charge in [0.15, 0.2) is 0 Å². The zero-order chi connectivity index (χ0) is 14.8. The van der Waals surface area contributed by atoms with E-state index in [4.69, 9.17) is 5.73 Å². The van der Waals surface area contributed by atoms with Crippen molar-refractivity contribution in [1.82, 2.24) is 10.3 Å². The largest absolute Gasteiger partial charge is 0.348 e. The maximum absolute atomic E-state index is 12.5. The van der Waals surface area contributed by atoms with Gasteiger partial charge in [-0.2, -0.15) is 0 Å². The lowest BCUT2D eigenvalue weighted by molar-refractivity contribution is 0.0923. The van der Waals surface area contributed by atoms with Crippen LogP contribution in [0.2, 0.25) is 0 Å². The Morgan fingerprint density at radius 1 is 1.24 bits per heavy atom. The first-order chi connectivity index (χ1) is 10.1. The Morgan fingerprint density at radius 2 is 2.00 bits per heavy atom. The summed E-state index contributed by atoms with van der Waals surface area (Å²) in [5, 5.41) is 3.74. The summed E-state index contributed by atoms with van der Waals surface area (Å²) < 4.78 is 0. The molecule has 0 bridgehead atoms. The SMILES string of the molecule is NC1CCCCC1NC(=O)c1cc(=O)[nH]c2ccccc12. The van der Waals surface area contributed by atoms with Gasteiger partial charge >= 0.3 is 0 Å². The van der Waals surface area contributed by atoms with Gasteiger partial charge in [0.05, 0.1) is 5.56 Å². The molecule has 1 aliphatic carbocycles. The fourth-order valence-electron chi connectivity index (χ4n) is 2.98. The van der Waals surface area contributed by atoms with Crippen LogP contribution >= 0.6 is 0 Å². The molecule has 5 heteroatoms. The van der Waals surface area contributed by atoms with Crippen LogP contribution in [0.1, 0.15) is 36.0 Å². The lowest BCUT2D eigenvalue weighted by atomic mass is 9.91. The van der Waals surface area contributed by atoms with Gasteiger partial charge in [-0.3, -0.25) is 9.59 Å². The summed E-state index contributed by atoms with van der Waals surface area (Å²) in [6.07, 6.45) is 4.02. The number of para-hydroxylation sites is 1. The first-order valence-corrected chi connectivity index (χ1v) is 7.33. The monoisotopic (exact) mass is 285 g/mol. The predicted molar refractivity (Wildman–Crippen MR) is 82.3 cm³/mol. The van der Waals surface area contributed by atoms with Gasteiger partial charge in [-0.15, -0.1) is 0 Å². The van der Waals surface area contributed by atoms with E-state index in [1.807, 2.05) is 18.2 Å². The summed E-state index contributed by atoms with van der Waals surface area (Å²) >= 11 is 0. The van der Waals surface area contributed by atoms with Gasteiger partial charge in [-0.1, -0.05) is 31.0 Å². The number of nitrogens with one attached hydrogen (secondary N) is 2. The molecule has 4 N–H and O–H groups in total. The molecule has 110 valence electrons. The average molecular weight is 285 g/mol. The minimum atomic E-state index is -0.271. The van der Waals surface area contributed by atoms with Gasteiger partial charge in [-0.05, 0) is 18.9 Å². The van der Waals surface area contributed by atoms with E-state index in [1.165, 1.54) is 6.07 Å². The molecule has 1 heterocycles. The number of pyridine rings is 1. The van der Waals surface area contributed by atoms with Crippen molar-refractivity contribution in [1.29, 1.82) is 0 Å². The first-order valence-electron chi connectivity index (χ1n) is 7.33. The van der Waals surface area contributed by atoms with Crippen molar-refractivity contribution < 1.29 is 4.79 Å². The number of amides is 1. The van der Waals surface area contributed by atoms with Crippen LogP contribution in [-0.2, 0) is 0 Å². The first kappa shape index (κ1) is 13.8. The Kier molecular flexibility index (Phi) is 3.75. The lowest BCUT2D eigenvalue weighted by Gasteiger charge is -2.29. The van der Waals surface area contributed by atoms with Crippen LogP contribution in [0.3, 0.4) is 0 Å². The van der Waals surface area contributed by atoms with Gasteiger partial charge < -0.3 is 16.0 Å². The molecule has 0 spiro atoms. The van der Waals surface area contributed by atoms with E-state index in [9.17, 15) is 9.59 Å². The highest BCUT2D eigenvalue weighted by atomic mass is 16.2. The molecular weight excluding hydrogens is 266 g/mol. The second-order valence-corrected chi connectivity index (χ2v) is 5.62. The second-order valence-electron chi connectivity index (χ2n) is 5.62. The van der Waals surface area contributed by atoms with Gasteiger partial charge in [0.25, 0.3) is 5.91 Å². The van der Waals surface area contributed by atoms with E-state index in [0.29, 0.717) is 11.1 Å². The van der Waals surface area contributed by atoms with Crippen LogP contribution in [0, 0.1) is 0 Å². The number of aromatic nitrogens is 1. The summed E-state index contributed by atoms with van der Waals surface area (Å²) in [5.41, 5.74) is 6.87. The molecule has 1 fully saturated rings.